The van der Waals surface area contributed by atoms with Crippen LogP contribution in [0.1, 0.15) is 12.8 Å². The number of hydrogen-bond donors (Lipinski definition) is 0. The lowest BCUT2D eigenvalue weighted by Crippen LogP contribution is -2.07. The molecular weight excluding hydrogens is 108 g/mol. The van der Waals surface area contributed by atoms with E-state index in [4.69, 9.17) is 0 Å². The zero-order chi connectivity index (χ0) is 5.33. The van der Waals surface area contributed by atoms with Crippen LogP contribution in [0.15, 0.2) is 0 Å². The molecule has 1 heterocycles. The molecule has 0 aromatic heterocycles. The SMILES string of the molecule is C[S+]1(=O)CCCC1. The van der Waals surface area contributed by atoms with Crippen LogP contribution in [0.25, 0.3) is 0 Å². The smallest absolute Gasteiger partial charge is 0.106 e. The third kappa shape index (κ3) is 1.27. The summed E-state index contributed by atoms with van der Waals surface area (Å²) in [5.74, 6) is 1.96. The zero-order valence-corrected chi connectivity index (χ0v) is 5.46. The lowest BCUT2D eigenvalue weighted by Gasteiger charge is -1.90. The van der Waals surface area contributed by atoms with Crippen molar-refractivity contribution in [2.45, 2.75) is 12.8 Å². The minimum absolute atomic E-state index is 0.979. The third-order valence-electron chi connectivity index (χ3n) is 1.40. The molecule has 1 aliphatic rings. The third-order valence-corrected chi connectivity index (χ3v) is 3.71. The van der Waals surface area contributed by atoms with Crippen LogP contribution in [0.3, 0.4) is 0 Å². The topological polar surface area (TPSA) is 17.1 Å². The van der Waals surface area contributed by atoms with Crippen molar-refractivity contribution in [1.29, 1.82) is 0 Å². The maximum absolute atomic E-state index is 11.0. The van der Waals surface area contributed by atoms with Gasteiger partial charge in [0.15, 0.2) is 0 Å². The first-order chi connectivity index (χ1) is 3.21. The van der Waals surface area contributed by atoms with E-state index >= 15 is 0 Å². The molecule has 0 atom stereocenters. The van der Waals surface area contributed by atoms with Gasteiger partial charge in [0.2, 0.25) is 0 Å². The number of hydrogen-bond acceptors (Lipinski definition) is 1. The highest BCUT2D eigenvalue weighted by atomic mass is 32.2. The highest BCUT2D eigenvalue weighted by Gasteiger charge is 2.25. The molecule has 0 saturated carbocycles. The molecule has 1 nitrogen and oxygen atoms in total. The predicted octanol–water partition coefficient (Wildman–Crippen LogP) is 0.909. The molecule has 0 amide bonds. The van der Waals surface area contributed by atoms with E-state index in [0.29, 0.717) is 0 Å². The van der Waals surface area contributed by atoms with Crippen LogP contribution in [0, 0.1) is 0 Å². The average molecular weight is 119 g/mol. The van der Waals surface area contributed by atoms with Crippen molar-refractivity contribution in [1.82, 2.24) is 0 Å². The molecule has 1 aliphatic heterocycles. The molecule has 0 aromatic rings. The van der Waals surface area contributed by atoms with E-state index in [0.717, 1.165) is 11.5 Å². The van der Waals surface area contributed by atoms with Gasteiger partial charge < -0.3 is 0 Å². The van der Waals surface area contributed by atoms with E-state index in [-0.39, 0.29) is 0 Å². The zero-order valence-electron chi connectivity index (χ0n) is 4.64. The van der Waals surface area contributed by atoms with Gasteiger partial charge >= 0.3 is 0 Å². The highest BCUT2D eigenvalue weighted by molar-refractivity contribution is 8.02. The normalized spacial score (nSPS) is 28.1. The summed E-state index contributed by atoms with van der Waals surface area (Å²) in [5.41, 5.74) is 0. The van der Waals surface area contributed by atoms with Crippen molar-refractivity contribution < 1.29 is 4.21 Å². The summed E-state index contributed by atoms with van der Waals surface area (Å²) in [7, 11) is -1.30. The summed E-state index contributed by atoms with van der Waals surface area (Å²) in [6.07, 6.45) is 4.27. The molecule has 42 valence electrons. The van der Waals surface area contributed by atoms with Crippen molar-refractivity contribution in [3.05, 3.63) is 0 Å². The van der Waals surface area contributed by atoms with Crippen LogP contribution in [0.2, 0.25) is 0 Å². The maximum atomic E-state index is 11.0. The predicted molar refractivity (Wildman–Crippen MR) is 32.9 cm³/mol. The lowest BCUT2D eigenvalue weighted by molar-refractivity contribution is 0.591. The summed E-state index contributed by atoms with van der Waals surface area (Å²) >= 11 is 0. The second kappa shape index (κ2) is 1.58. The second-order valence-electron chi connectivity index (χ2n) is 2.30. The Hall–Kier alpha value is 0.150. The molecule has 1 fully saturated rings. The van der Waals surface area contributed by atoms with E-state index in [1.54, 1.807) is 0 Å². The van der Waals surface area contributed by atoms with Gasteiger partial charge in [0.25, 0.3) is 0 Å². The highest BCUT2D eigenvalue weighted by Crippen LogP contribution is 2.14. The van der Waals surface area contributed by atoms with Crippen LogP contribution in [0.5, 0.6) is 0 Å². The van der Waals surface area contributed by atoms with Gasteiger partial charge in [-0.2, -0.15) is 0 Å². The van der Waals surface area contributed by atoms with Crippen LogP contribution >= 0.6 is 0 Å². The minimum atomic E-state index is -1.30. The van der Waals surface area contributed by atoms with Gasteiger partial charge in [0.05, 0.1) is 9.93 Å². The molecule has 1 saturated heterocycles. The Labute approximate surface area is 45.5 Å². The monoisotopic (exact) mass is 119 g/mol. The molecule has 7 heavy (non-hydrogen) atoms. The van der Waals surface area contributed by atoms with Gasteiger partial charge in [-0.15, -0.1) is 4.21 Å². The molecule has 0 N–H and O–H groups in total. The summed E-state index contributed by atoms with van der Waals surface area (Å²) in [5, 5.41) is 0. The van der Waals surface area contributed by atoms with Gasteiger partial charge in [-0.25, -0.2) is 0 Å². The molecule has 0 bridgehead atoms. The Morgan fingerprint density at radius 2 is 1.71 bits per heavy atom. The first kappa shape index (κ1) is 5.29. The summed E-state index contributed by atoms with van der Waals surface area (Å²) < 4.78 is 11.0. The van der Waals surface area contributed by atoms with Crippen molar-refractivity contribution >= 4 is 9.93 Å². The Kier molecular flexibility index (Phi) is 1.20. The molecular formula is C5H11OS+. The van der Waals surface area contributed by atoms with E-state index in [2.05, 4.69) is 0 Å². The Balaban J connectivity index is 2.57. The van der Waals surface area contributed by atoms with Gasteiger partial charge in [-0.3, -0.25) is 0 Å². The van der Waals surface area contributed by atoms with Crippen LogP contribution < -0.4 is 0 Å². The second-order valence-corrected chi connectivity index (χ2v) is 5.48. The average Bonchev–Trinajstić information content (AvgIpc) is 1.84. The largest absolute Gasteiger partial charge is 0.112 e. The first-order valence-corrected chi connectivity index (χ1v) is 4.96. The van der Waals surface area contributed by atoms with Crippen LogP contribution in [-0.4, -0.2) is 17.8 Å². The molecule has 0 spiro atoms. The summed E-state index contributed by atoms with van der Waals surface area (Å²) in [6, 6.07) is 0. The van der Waals surface area contributed by atoms with Gasteiger partial charge in [0, 0.05) is 0 Å². The van der Waals surface area contributed by atoms with Gasteiger partial charge in [0.1, 0.15) is 17.8 Å². The van der Waals surface area contributed by atoms with E-state index < -0.39 is 9.93 Å². The van der Waals surface area contributed by atoms with Crippen LogP contribution in [-0.2, 0) is 14.1 Å². The van der Waals surface area contributed by atoms with E-state index in [1.165, 1.54) is 12.8 Å². The van der Waals surface area contributed by atoms with Crippen LogP contribution in [0.4, 0.5) is 0 Å². The Bertz CT molecular complexity index is 98.6. The van der Waals surface area contributed by atoms with Crippen molar-refractivity contribution in [2.24, 2.45) is 0 Å². The lowest BCUT2D eigenvalue weighted by atomic mass is 10.4. The maximum Gasteiger partial charge on any atom is 0.112 e. The quantitative estimate of drug-likeness (QED) is 0.433. The molecule has 0 unspecified atom stereocenters. The fourth-order valence-electron chi connectivity index (χ4n) is 0.917. The minimum Gasteiger partial charge on any atom is -0.106 e. The van der Waals surface area contributed by atoms with Crippen molar-refractivity contribution in [3.8, 4) is 0 Å². The van der Waals surface area contributed by atoms with Gasteiger partial charge in [-0.1, -0.05) is 0 Å². The Morgan fingerprint density at radius 1 is 1.29 bits per heavy atom. The molecule has 0 aromatic carbocycles. The molecule has 0 radical (unpaired) electrons. The fraction of sp³-hybridized carbons (Fsp3) is 1.00. The fourth-order valence-corrected chi connectivity index (χ4v) is 2.75. The molecule has 0 aliphatic carbocycles. The van der Waals surface area contributed by atoms with E-state index in [1.807, 2.05) is 6.26 Å². The van der Waals surface area contributed by atoms with Crippen molar-refractivity contribution in [2.75, 3.05) is 17.8 Å². The summed E-state index contributed by atoms with van der Waals surface area (Å²) in [6.45, 7) is 0. The standard InChI is InChI=1S/C5H11OS/c1-7(6)4-2-3-5-7/h2-5H2,1H3/q+1. The summed E-state index contributed by atoms with van der Waals surface area (Å²) in [4.78, 5) is 0. The van der Waals surface area contributed by atoms with Crippen molar-refractivity contribution in [3.63, 3.8) is 0 Å². The molecule has 1 rings (SSSR count). The van der Waals surface area contributed by atoms with Gasteiger partial charge in [-0.05, 0) is 12.8 Å². The Morgan fingerprint density at radius 3 is 1.86 bits per heavy atom. The molecule has 2 heteroatoms. The number of rotatable bonds is 0. The van der Waals surface area contributed by atoms with E-state index in [9.17, 15) is 4.21 Å². The first-order valence-electron chi connectivity index (χ1n) is 2.65.